The molecule has 0 bridgehead atoms. The number of carbonyl (C=O) groups excluding carboxylic acids is 1. The van der Waals surface area contributed by atoms with Gasteiger partial charge in [0.05, 0.1) is 0 Å². The molecule has 0 unspecified atom stereocenters. The fourth-order valence-corrected chi connectivity index (χ4v) is 2.89. The first-order valence-electron chi connectivity index (χ1n) is 7.96. The Bertz CT molecular complexity index is 653. The van der Waals surface area contributed by atoms with Crippen molar-refractivity contribution in [1.29, 1.82) is 0 Å². The molecule has 1 aliphatic heterocycles. The highest BCUT2D eigenvalue weighted by atomic mass is 16.2. The van der Waals surface area contributed by atoms with Crippen LogP contribution >= 0.6 is 0 Å². The molecule has 0 radical (unpaired) electrons. The molecule has 0 spiro atoms. The number of nitrogens with zero attached hydrogens (tertiary/aromatic N) is 4. The number of likely N-dealkylation sites (tertiary alicyclic amines) is 1. The van der Waals surface area contributed by atoms with Crippen LogP contribution in [0.4, 0.5) is 11.8 Å². The number of hydrogen-bond acceptors (Lipinski definition) is 5. The van der Waals surface area contributed by atoms with E-state index in [0.717, 1.165) is 43.9 Å². The molecule has 120 valence electrons. The van der Waals surface area contributed by atoms with Crippen molar-refractivity contribution >= 4 is 17.7 Å². The van der Waals surface area contributed by atoms with E-state index < -0.39 is 0 Å². The maximum atomic E-state index is 11.4. The molecular weight excluding hydrogens is 290 g/mol. The van der Waals surface area contributed by atoms with E-state index in [1.807, 2.05) is 23.1 Å². The van der Waals surface area contributed by atoms with Gasteiger partial charge in [0.1, 0.15) is 5.82 Å². The Labute approximate surface area is 136 Å². The van der Waals surface area contributed by atoms with E-state index in [1.54, 1.807) is 25.4 Å². The van der Waals surface area contributed by atoms with Gasteiger partial charge in [0.25, 0.3) is 0 Å². The molecule has 0 aliphatic carbocycles. The molecule has 1 fully saturated rings. The zero-order chi connectivity index (χ0) is 16.1. The standard InChI is InChI=1S/C17H21N5O/c1-13(23)22-10-6-14(7-11-22)12-15-4-2-5-16(20-15)21-17-18-8-3-9-19-17/h2-5,8-9,14H,6-7,10-12H2,1H3,(H,18,19,20,21). The van der Waals surface area contributed by atoms with Gasteiger partial charge in [-0.3, -0.25) is 4.79 Å². The van der Waals surface area contributed by atoms with Crippen LogP contribution in [0.3, 0.4) is 0 Å². The molecule has 1 saturated heterocycles. The van der Waals surface area contributed by atoms with E-state index in [1.165, 1.54) is 0 Å². The van der Waals surface area contributed by atoms with Crippen LogP contribution in [0.1, 0.15) is 25.5 Å². The average molecular weight is 311 g/mol. The zero-order valence-electron chi connectivity index (χ0n) is 13.3. The van der Waals surface area contributed by atoms with Crippen LogP contribution in [0.5, 0.6) is 0 Å². The Balaban J connectivity index is 1.59. The molecular formula is C17H21N5O. The normalized spacial score (nSPS) is 15.4. The number of nitrogens with one attached hydrogen (secondary N) is 1. The zero-order valence-corrected chi connectivity index (χ0v) is 13.3. The molecule has 3 rings (SSSR count). The molecule has 6 heteroatoms. The first-order chi connectivity index (χ1) is 11.2. The van der Waals surface area contributed by atoms with Gasteiger partial charge < -0.3 is 10.2 Å². The fraction of sp³-hybridized carbons (Fsp3) is 0.412. The number of rotatable bonds is 4. The van der Waals surface area contributed by atoms with Gasteiger partial charge in [-0.1, -0.05) is 6.07 Å². The SMILES string of the molecule is CC(=O)N1CCC(Cc2cccc(Nc3ncccn3)n2)CC1. The number of aromatic nitrogens is 3. The third-order valence-corrected chi connectivity index (χ3v) is 4.17. The minimum absolute atomic E-state index is 0.177. The Hall–Kier alpha value is -2.50. The van der Waals surface area contributed by atoms with Gasteiger partial charge in [-0.2, -0.15) is 0 Å². The van der Waals surface area contributed by atoms with E-state index in [2.05, 4.69) is 20.3 Å². The summed E-state index contributed by atoms with van der Waals surface area (Å²) < 4.78 is 0. The van der Waals surface area contributed by atoms with Crippen LogP contribution in [0.25, 0.3) is 0 Å². The molecule has 1 amide bonds. The van der Waals surface area contributed by atoms with Crippen molar-refractivity contribution in [2.24, 2.45) is 5.92 Å². The molecule has 23 heavy (non-hydrogen) atoms. The van der Waals surface area contributed by atoms with E-state index in [4.69, 9.17) is 0 Å². The van der Waals surface area contributed by atoms with Crippen LogP contribution in [0.15, 0.2) is 36.7 Å². The highest BCUT2D eigenvalue weighted by molar-refractivity contribution is 5.73. The quantitative estimate of drug-likeness (QED) is 0.939. The number of carbonyl (C=O) groups is 1. The van der Waals surface area contributed by atoms with Crippen molar-refractivity contribution in [3.8, 4) is 0 Å². The second-order valence-electron chi connectivity index (χ2n) is 5.87. The van der Waals surface area contributed by atoms with Gasteiger partial charge in [0.15, 0.2) is 0 Å². The van der Waals surface area contributed by atoms with E-state index in [0.29, 0.717) is 11.9 Å². The summed E-state index contributed by atoms with van der Waals surface area (Å²) in [7, 11) is 0. The molecule has 3 heterocycles. The first-order valence-corrected chi connectivity index (χ1v) is 7.96. The highest BCUT2D eigenvalue weighted by Gasteiger charge is 2.21. The third kappa shape index (κ3) is 4.25. The second kappa shape index (κ2) is 7.17. The Morgan fingerprint density at radius 2 is 1.96 bits per heavy atom. The maximum absolute atomic E-state index is 11.4. The van der Waals surface area contributed by atoms with Crippen molar-refractivity contribution in [3.05, 3.63) is 42.4 Å². The van der Waals surface area contributed by atoms with Gasteiger partial charge in [-0.25, -0.2) is 15.0 Å². The molecule has 2 aromatic heterocycles. The largest absolute Gasteiger partial charge is 0.343 e. The summed E-state index contributed by atoms with van der Waals surface area (Å²) in [5, 5.41) is 3.12. The van der Waals surface area contributed by atoms with Crippen LogP contribution in [0, 0.1) is 5.92 Å². The summed E-state index contributed by atoms with van der Waals surface area (Å²) in [6.45, 7) is 3.36. The van der Waals surface area contributed by atoms with E-state index >= 15 is 0 Å². The Morgan fingerprint density at radius 3 is 2.65 bits per heavy atom. The lowest BCUT2D eigenvalue weighted by Crippen LogP contribution is -2.37. The van der Waals surface area contributed by atoms with Crippen molar-refractivity contribution in [3.63, 3.8) is 0 Å². The van der Waals surface area contributed by atoms with Crippen LogP contribution < -0.4 is 5.32 Å². The number of pyridine rings is 1. The van der Waals surface area contributed by atoms with Gasteiger partial charge in [0.2, 0.25) is 11.9 Å². The van der Waals surface area contributed by atoms with Gasteiger partial charge in [-0.15, -0.1) is 0 Å². The van der Waals surface area contributed by atoms with Crippen molar-refractivity contribution < 1.29 is 4.79 Å². The minimum Gasteiger partial charge on any atom is -0.343 e. The Morgan fingerprint density at radius 1 is 1.22 bits per heavy atom. The van der Waals surface area contributed by atoms with E-state index in [-0.39, 0.29) is 5.91 Å². The summed E-state index contributed by atoms with van der Waals surface area (Å²) in [4.78, 5) is 26.2. The molecule has 1 aliphatic rings. The molecule has 1 N–H and O–H groups in total. The molecule has 0 saturated carbocycles. The van der Waals surface area contributed by atoms with Gasteiger partial charge in [-0.05, 0) is 43.4 Å². The van der Waals surface area contributed by atoms with Crippen molar-refractivity contribution in [1.82, 2.24) is 19.9 Å². The number of anilines is 2. The predicted octanol–water partition coefficient (Wildman–Crippen LogP) is 2.42. The third-order valence-electron chi connectivity index (χ3n) is 4.17. The summed E-state index contributed by atoms with van der Waals surface area (Å²) in [5.74, 6) is 2.07. The smallest absolute Gasteiger partial charge is 0.228 e. The van der Waals surface area contributed by atoms with Crippen LogP contribution in [-0.4, -0.2) is 38.8 Å². The molecule has 2 aromatic rings. The molecule has 6 nitrogen and oxygen atoms in total. The van der Waals surface area contributed by atoms with Crippen LogP contribution in [0.2, 0.25) is 0 Å². The highest BCUT2D eigenvalue weighted by Crippen LogP contribution is 2.22. The summed E-state index contributed by atoms with van der Waals surface area (Å²) in [5.41, 5.74) is 1.06. The lowest BCUT2D eigenvalue weighted by molar-refractivity contribution is -0.130. The summed E-state index contributed by atoms with van der Waals surface area (Å²) in [6, 6.07) is 7.74. The maximum Gasteiger partial charge on any atom is 0.228 e. The lowest BCUT2D eigenvalue weighted by atomic mass is 9.92. The van der Waals surface area contributed by atoms with Gasteiger partial charge in [0, 0.05) is 38.1 Å². The topological polar surface area (TPSA) is 71.0 Å². The predicted molar refractivity (Wildman–Crippen MR) is 88.2 cm³/mol. The van der Waals surface area contributed by atoms with Crippen LogP contribution in [-0.2, 0) is 11.2 Å². The molecule has 0 aromatic carbocycles. The first kappa shape index (κ1) is 15.4. The monoisotopic (exact) mass is 311 g/mol. The average Bonchev–Trinajstić information content (AvgIpc) is 2.57. The fourth-order valence-electron chi connectivity index (χ4n) is 2.89. The van der Waals surface area contributed by atoms with E-state index in [9.17, 15) is 4.79 Å². The summed E-state index contributed by atoms with van der Waals surface area (Å²) >= 11 is 0. The van der Waals surface area contributed by atoms with Crippen molar-refractivity contribution in [2.45, 2.75) is 26.2 Å². The van der Waals surface area contributed by atoms with Crippen molar-refractivity contribution in [2.75, 3.05) is 18.4 Å². The number of hydrogen-bond donors (Lipinski definition) is 1. The number of piperidine rings is 1. The summed E-state index contributed by atoms with van der Waals surface area (Å²) in [6.07, 6.45) is 6.42. The number of amides is 1. The minimum atomic E-state index is 0.177. The van der Waals surface area contributed by atoms with Gasteiger partial charge >= 0.3 is 0 Å². The Kier molecular flexibility index (Phi) is 4.80. The lowest BCUT2D eigenvalue weighted by Gasteiger charge is -2.31. The molecule has 0 atom stereocenters. The second-order valence-corrected chi connectivity index (χ2v) is 5.87.